The van der Waals surface area contributed by atoms with Crippen molar-refractivity contribution in [3.63, 3.8) is 0 Å². The molecule has 0 spiro atoms. The maximum Gasteiger partial charge on any atom is 0.129 e. The van der Waals surface area contributed by atoms with Crippen LogP contribution in [0.15, 0.2) is 42.5 Å². The van der Waals surface area contributed by atoms with E-state index in [1.54, 1.807) is 7.11 Å². The summed E-state index contributed by atoms with van der Waals surface area (Å²) in [6, 6.07) is 13.7. The molecule has 0 amide bonds. The van der Waals surface area contributed by atoms with Crippen molar-refractivity contribution >= 4 is 34.2 Å². The summed E-state index contributed by atoms with van der Waals surface area (Å²) in [6.45, 7) is 0.526. The summed E-state index contributed by atoms with van der Waals surface area (Å²) in [7, 11) is 1.68. The number of fused-ring (bicyclic) bond motifs is 1. The molecule has 0 saturated carbocycles. The molecule has 1 heterocycles. The van der Waals surface area contributed by atoms with Crippen molar-refractivity contribution in [1.82, 2.24) is 9.55 Å². The zero-order chi connectivity index (χ0) is 14.8. The zero-order valence-electron chi connectivity index (χ0n) is 11.5. The first-order chi connectivity index (χ1) is 10.2. The summed E-state index contributed by atoms with van der Waals surface area (Å²) in [5, 5.41) is 0.675. The predicted octanol–water partition coefficient (Wildman–Crippen LogP) is 4.56. The Morgan fingerprint density at radius 2 is 2.00 bits per heavy atom. The van der Waals surface area contributed by atoms with Gasteiger partial charge in [0.2, 0.25) is 0 Å². The standard InChI is InChI=1S/C16H14Cl2N2O/c1-21-10-11-4-2-3-5-14(11)20-15-8-12(18)6-7-13(15)19-16(20)9-17/h2-8H,9-10H2,1H3. The number of benzene rings is 2. The first-order valence-corrected chi connectivity index (χ1v) is 7.46. The third-order valence-electron chi connectivity index (χ3n) is 3.34. The van der Waals surface area contributed by atoms with E-state index in [-0.39, 0.29) is 0 Å². The summed E-state index contributed by atoms with van der Waals surface area (Å²) in [5.41, 5.74) is 3.91. The predicted molar refractivity (Wildman–Crippen MR) is 86.4 cm³/mol. The molecule has 0 atom stereocenters. The number of aromatic nitrogens is 2. The fourth-order valence-corrected chi connectivity index (χ4v) is 2.81. The molecular formula is C16H14Cl2N2O. The van der Waals surface area contributed by atoms with Crippen LogP contribution in [0.4, 0.5) is 0 Å². The van der Waals surface area contributed by atoms with Gasteiger partial charge in [0, 0.05) is 17.7 Å². The molecule has 3 rings (SSSR count). The van der Waals surface area contributed by atoms with Gasteiger partial charge in [0.25, 0.3) is 0 Å². The maximum atomic E-state index is 6.13. The van der Waals surface area contributed by atoms with Crippen LogP contribution in [0.2, 0.25) is 5.02 Å². The molecule has 0 aliphatic rings. The summed E-state index contributed by atoms with van der Waals surface area (Å²) in [4.78, 5) is 4.58. The van der Waals surface area contributed by atoms with Crippen LogP contribution in [-0.4, -0.2) is 16.7 Å². The van der Waals surface area contributed by atoms with Crippen molar-refractivity contribution in [3.05, 3.63) is 58.9 Å². The molecule has 5 heteroatoms. The normalized spacial score (nSPS) is 11.2. The fourth-order valence-electron chi connectivity index (χ4n) is 2.46. The van der Waals surface area contributed by atoms with Crippen molar-refractivity contribution < 1.29 is 4.74 Å². The van der Waals surface area contributed by atoms with Crippen LogP contribution in [0.25, 0.3) is 16.7 Å². The highest BCUT2D eigenvalue weighted by Gasteiger charge is 2.14. The second-order valence-electron chi connectivity index (χ2n) is 4.69. The van der Waals surface area contributed by atoms with Crippen molar-refractivity contribution in [2.45, 2.75) is 12.5 Å². The van der Waals surface area contributed by atoms with Crippen molar-refractivity contribution in [2.24, 2.45) is 0 Å². The Morgan fingerprint density at radius 1 is 1.19 bits per heavy atom. The van der Waals surface area contributed by atoms with Crippen molar-refractivity contribution in [2.75, 3.05) is 7.11 Å². The Bertz CT molecular complexity index is 783. The minimum Gasteiger partial charge on any atom is -0.380 e. The molecule has 3 aromatic rings. The van der Waals surface area contributed by atoms with Gasteiger partial charge in [0.15, 0.2) is 0 Å². The number of halogens is 2. The van der Waals surface area contributed by atoms with Gasteiger partial charge in [-0.2, -0.15) is 0 Å². The maximum absolute atomic E-state index is 6.13. The molecule has 0 aliphatic carbocycles. The number of para-hydroxylation sites is 1. The molecular weight excluding hydrogens is 307 g/mol. The Balaban J connectivity index is 2.30. The van der Waals surface area contributed by atoms with E-state index in [2.05, 4.69) is 4.98 Å². The molecule has 0 N–H and O–H groups in total. The third-order valence-corrected chi connectivity index (χ3v) is 3.81. The Kier molecular flexibility index (Phi) is 4.15. The lowest BCUT2D eigenvalue weighted by atomic mass is 10.1. The number of rotatable bonds is 4. The van der Waals surface area contributed by atoms with Gasteiger partial charge in [0.05, 0.1) is 29.2 Å². The Morgan fingerprint density at radius 3 is 2.76 bits per heavy atom. The quantitative estimate of drug-likeness (QED) is 0.659. The molecule has 108 valence electrons. The summed E-state index contributed by atoms with van der Waals surface area (Å²) >= 11 is 12.2. The first kappa shape index (κ1) is 14.4. The van der Waals surface area contributed by atoms with Crippen LogP contribution in [0.1, 0.15) is 11.4 Å². The lowest BCUT2D eigenvalue weighted by Gasteiger charge is -2.13. The summed E-state index contributed by atoms with van der Waals surface area (Å²) in [6.07, 6.45) is 0. The number of hydrogen-bond acceptors (Lipinski definition) is 2. The number of imidazole rings is 1. The molecule has 0 bridgehead atoms. The van der Waals surface area contributed by atoms with Gasteiger partial charge in [-0.05, 0) is 24.3 Å². The largest absolute Gasteiger partial charge is 0.380 e. The topological polar surface area (TPSA) is 27.1 Å². The third kappa shape index (κ3) is 2.64. The molecule has 2 aromatic carbocycles. The first-order valence-electron chi connectivity index (χ1n) is 6.54. The highest BCUT2D eigenvalue weighted by molar-refractivity contribution is 6.31. The summed E-state index contributed by atoms with van der Waals surface area (Å²) < 4.78 is 7.33. The van der Waals surface area contributed by atoms with E-state index < -0.39 is 0 Å². The van der Waals surface area contributed by atoms with Crippen LogP contribution in [0.3, 0.4) is 0 Å². The van der Waals surface area contributed by atoms with E-state index in [0.29, 0.717) is 17.5 Å². The number of hydrogen-bond donors (Lipinski definition) is 0. The molecule has 0 fully saturated rings. The van der Waals surface area contributed by atoms with E-state index in [1.807, 2.05) is 47.0 Å². The molecule has 3 nitrogen and oxygen atoms in total. The minimum atomic E-state index is 0.327. The highest BCUT2D eigenvalue weighted by atomic mass is 35.5. The average Bonchev–Trinajstić information content (AvgIpc) is 2.86. The number of nitrogens with zero attached hydrogens (tertiary/aromatic N) is 2. The zero-order valence-corrected chi connectivity index (χ0v) is 13.0. The molecule has 0 radical (unpaired) electrons. The monoisotopic (exact) mass is 320 g/mol. The van der Waals surface area contributed by atoms with Gasteiger partial charge >= 0.3 is 0 Å². The van der Waals surface area contributed by atoms with E-state index in [9.17, 15) is 0 Å². The Labute approximate surface area is 133 Å². The van der Waals surface area contributed by atoms with Crippen LogP contribution in [-0.2, 0) is 17.2 Å². The highest BCUT2D eigenvalue weighted by Crippen LogP contribution is 2.27. The van der Waals surface area contributed by atoms with E-state index >= 15 is 0 Å². The van der Waals surface area contributed by atoms with Gasteiger partial charge in [-0.1, -0.05) is 29.8 Å². The lowest BCUT2D eigenvalue weighted by Crippen LogP contribution is -2.04. The molecule has 0 aliphatic heterocycles. The average molecular weight is 321 g/mol. The second-order valence-corrected chi connectivity index (χ2v) is 5.40. The second kappa shape index (κ2) is 6.06. The van der Waals surface area contributed by atoms with Crippen LogP contribution < -0.4 is 0 Å². The fraction of sp³-hybridized carbons (Fsp3) is 0.188. The number of methoxy groups -OCH3 is 1. The van der Waals surface area contributed by atoms with E-state index in [4.69, 9.17) is 27.9 Å². The molecule has 1 aromatic heterocycles. The molecule has 0 saturated heterocycles. The van der Waals surface area contributed by atoms with Crippen molar-refractivity contribution in [1.29, 1.82) is 0 Å². The van der Waals surface area contributed by atoms with Crippen LogP contribution in [0, 0.1) is 0 Å². The van der Waals surface area contributed by atoms with E-state index in [1.165, 1.54) is 0 Å². The SMILES string of the molecule is COCc1ccccc1-n1c(CCl)nc2ccc(Cl)cc21. The van der Waals surface area contributed by atoms with Gasteiger partial charge in [0.1, 0.15) is 5.82 Å². The number of alkyl halides is 1. The van der Waals surface area contributed by atoms with Gasteiger partial charge < -0.3 is 4.74 Å². The van der Waals surface area contributed by atoms with E-state index in [0.717, 1.165) is 28.1 Å². The van der Waals surface area contributed by atoms with Gasteiger partial charge in [-0.15, -0.1) is 11.6 Å². The van der Waals surface area contributed by atoms with Crippen molar-refractivity contribution in [3.8, 4) is 5.69 Å². The van der Waals surface area contributed by atoms with Crippen LogP contribution in [0.5, 0.6) is 0 Å². The number of ether oxygens (including phenoxy) is 1. The molecule has 21 heavy (non-hydrogen) atoms. The van der Waals surface area contributed by atoms with Gasteiger partial charge in [-0.25, -0.2) is 4.98 Å². The smallest absolute Gasteiger partial charge is 0.129 e. The van der Waals surface area contributed by atoms with Gasteiger partial charge in [-0.3, -0.25) is 4.57 Å². The van der Waals surface area contributed by atoms with Crippen LogP contribution >= 0.6 is 23.2 Å². The lowest BCUT2D eigenvalue weighted by molar-refractivity contribution is 0.185. The Hall–Kier alpha value is -1.55. The molecule has 0 unspecified atom stereocenters. The minimum absolute atomic E-state index is 0.327. The summed E-state index contributed by atoms with van der Waals surface area (Å²) in [5.74, 6) is 1.12.